The van der Waals surface area contributed by atoms with Gasteiger partial charge < -0.3 is 9.84 Å². The fourth-order valence-electron chi connectivity index (χ4n) is 1.86. The molecule has 0 aromatic carbocycles. The van der Waals surface area contributed by atoms with Gasteiger partial charge in [-0.1, -0.05) is 12.1 Å². The van der Waals surface area contributed by atoms with Crippen LogP contribution in [0.1, 0.15) is 17.4 Å². The summed E-state index contributed by atoms with van der Waals surface area (Å²) in [5, 5.41) is 21.1. The average molecular weight is 279 g/mol. The Bertz CT molecular complexity index is 604. The first-order chi connectivity index (χ1) is 9.56. The standard InChI is InChI=1S/C12H17N5O3/c1-8(7-18)5-17-11(9-4-13-16(2)6-9)10(14-15-17)12(19)20-3/h4,6,8,18H,5,7H2,1-3H3. The number of aliphatic hydroxyl groups excluding tert-OH is 1. The van der Waals surface area contributed by atoms with Gasteiger partial charge in [0.05, 0.1) is 13.3 Å². The second-order valence-electron chi connectivity index (χ2n) is 4.65. The van der Waals surface area contributed by atoms with Crippen LogP contribution in [0.3, 0.4) is 0 Å². The molecule has 0 aliphatic heterocycles. The number of ether oxygens (including phenoxy) is 1. The van der Waals surface area contributed by atoms with E-state index in [0.717, 1.165) is 5.56 Å². The number of hydrogen-bond donors (Lipinski definition) is 1. The lowest BCUT2D eigenvalue weighted by atomic mass is 10.1. The molecule has 0 saturated carbocycles. The molecule has 2 rings (SSSR count). The number of carbonyl (C=O) groups excluding carboxylic acids is 1. The summed E-state index contributed by atoms with van der Waals surface area (Å²) < 4.78 is 7.93. The van der Waals surface area contributed by atoms with Crippen LogP contribution < -0.4 is 0 Å². The molecule has 2 aromatic heterocycles. The first kappa shape index (κ1) is 14.2. The first-order valence-corrected chi connectivity index (χ1v) is 6.18. The van der Waals surface area contributed by atoms with Gasteiger partial charge in [0.1, 0.15) is 5.69 Å². The van der Waals surface area contributed by atoms with Crippen molar-refractivity contribution in [2.75, 3.05) is 13.7 Å². The zero-order chi connectivity index (χ0) is 14.7. The zero-order valence-corrected chi connectivity index (χ0v) is 11.6. The van der Waals surface area contributed by atoms with Crippen molar-refractivity contribution in [3.63, 3.8) is 0 Å². The molecule has 8 nitrogen and oxygen atoms in total. The van der Waals surface area contributed by atoms with Crippen LogP contribution in [0.4, 0.5) is 0 Å². The number of hydrogen-bond acceptors (Lipinski definition) is 6. The van der Waals surface area contributed by atoms with Crippen LogP contribution >= 0.6 is 0 Å². The minimum atomic E-state index is -0.549. The minimum Gasteiger partial charge on any atom is -0.464 e. The molecule has 0 saturated heterocycles. The van der Waals surface area contributed by atoms with E-state index in [9.17, 15) is 4.79 Å². The number of aromatic nitrogens is 5. The van der Waals surface area contributed by atoms with E-state index < -0.39 is 5.97 Å². The smallest absolute Gasteiger partial charge is 0.360 e. The van der Waals surface area contributed by atoms with Gasteiger partial charge in [0.2, 0.25) is 0 Å². The molecule has 0 amide bonds. The van der Waals surface area contributed by atoms with E-state index in [1.807, 2.05) is 6.92 Å². The minimum absolute atomic E-state index is 0.00221. The Kier molecular flexibility index (Phi) is 4.14. The van der Waals surface area contributed by atoms with Gasteiger partial charge in [-0.05, 0) is 5.92 Å². The summed E-state index contributed by atoms with van der Waals surface area (Å²) in [4.78, 5) is 11.8. The number of rotatable bonds is 5. The fourth-order valence-corrected chi connectivity index (χ4v) is 1.86. The lowest BCUT2D eigenvalue weighted by Crippen LogP contribution is -2.14. The van der Waals surface area contributed by atoms with Crippen LogP contribution in [0, 0.1) is 5.92 Å². The molecule has 0 aliphatic rings. The maximum Gasteiger partial charge on any atom is 0.360 e. The highest BCUT2D eigenvalue weighted by molar-refractivity contribution is 5.93. The fraction of sp³-hybridized carbons (Fsp3) is 0.500. The quantitative estimate of drug-likeness (QED) is 0.780. The molecule has 0 radical (unpaired) electrons. The van der Waals surface area contributed by atoms with Crippen molar-refractivity contribution >= 4 is 5.97 Å². The van der Waals surface area contributed by atoms with Gasteiger partial charge in [0.15, 0.2) is 5.69 Å². The monoisotopic (exact) mass is 279 g/mol. The predicted octanol–water partition coefficient (Wildman–Crippen LogP) is 0.0936. The summed E-state index contributed by atoms with van der Waals surface area (Å²) >= 11 is 0. The summed E-state index contributed by atoms with van der Waals surface area (Å²) in [5.41, 5.74) is 1.42. The van der Waals surface area contributed by atoms with Crippen molar-refractivity contribution in [2.45, 2.75) is 13.5 Å². The molecule has 20 heavy (non-hydrogen) atoms. The van der Waals surface area contributed by atoms with Gasteiger partial charge in [-0.25, -0.2) is 9.48 Å². The van der Waals surface area contributed by atoms with Crippen molar-refractivity contribution in [1.29, 1.82) is 0 Å². The van der Waals surface area contributed by atoms with E-state index in [-0.39, 0.29) is 18.2 Å². The van der Waals surface area contributed by atoms with Gasteiger partial charge in [0, 0.05) is 32.0 Å². The second-order valence-corrected chi connectivity index (χ2v) is 4.65. The van der Waals surface area contributed by atoms with E-state index in [1.54, 1.807) is 28.8 Å². The molecule has 2 aromatic rings. The van der Waals surface area contributed by atoms with Gasteiger partial charge in [-0.15, -0.1) is 5.10 Å². The van der Waals surface area contributed by atoms with E-state index in [4.69, 9.17) is 9.84 Å². The van der Waals surface area contributed by atoms with Gasteiger partial charge >= 0.3 is 5.97 Å². The molecule has 0 spiro atoms. The third kappa shape index (κ3) is 2.69. The highest BCUT2D eigenvalue weighted by Gasteiger charge is 2.23. The van der Waals surface area contributed by atoms with E-state index >= 15 is 0 Å². The lowest BCUT2D eigenvalue weighted by Gasteiger charge is -2.10. The number of carbonyl (C=O) groups is 1. The van der Waals surface area contributed by atoms with Crippen LogP contribution in [0.15, 0.2) is 12.4 Å². The molecule has 0 aliphatic carbocycles. The molecule has 1 atom stereocenters. The van der Waals surface area contributed by atoms with Crippen molar-refractivity contribution in [2.24, 2.45) is 13.0 Å². The first-order valence-electron chi connectivity index (χ1n) is 6.18. The lowest BCUT2D eigenvalue weighted by molar-refractivity contribution is 0.0595. The summed E-state index contributed by atoms with van der Waals surface area (Å²) in [6.45, 7) is 2.36. The molecule has 0 fully saturated rings. The number of methoxy groups -OCH3 is 1. The number of aryl methyl sites for hydroxylation is 1. The normalized spacial score (nSPS) is 12.4. The largest absolute Gasteiger partial charge is 0.464 e. The summed E-state index contributed by atoms with van der Waals surface area (Å²) in [6.07, 6.45) is 3.40. The number of nitrogens with zero attached hydrogens (tertiary/aromatic N) is 5. The average Bonchev–Trinajstić information content (AvgIpc) is 3.03. The Hall–Kier alpha value is -2.22. The molecule has 0 bridgehead atoms. The molecule has 2 heterocycles. The summed E-state index contributed by atoms with van der Waals surface area (Å²) in [6, 6.07) is 0. The second kappa shape index (κ2) is 5.83. The van der Waals surface area contributed by atoms with E-state index in [1.165, 1.54) is 7.11 Å². The Morgan fingerprint density at radius 3 is 2.85 bits per heavy atom. The van der Waals surface area contributed by atoms with Crippen LogP contribution in [0.5, 0.6) is 0 Å². The van der Waals surface area contributed by atoms with Crippen molar-refractivity contribution < 1.29 is 14.6 Å². The zero-order valence-electron chi connectivity index (χ0n) is 11.6. The Morgan fingerprint density at radius 1 is 1.55 bits per heavy atom. The Balaban J connectivity index is 2.48. The summed E-state index contributed by atoms with van der Waals surface area (Å²) in [7, 11) is 3.08. The van der Waals surface area contributed by atoms with E-state index in [0.29, 0.717) is 12.2 Å². The van der Waals surface area contributed by atoms with Gasteiger partial charge in [-0.2, -0.15) is 5.10 Å². The molecule has 108 valence electrons. The molecule has 1 unspecified atom stereocenters. The van der Waals surface area contributed by atoms with Crippen molar-refractivity contribution in [3.05, 3.63) is 18.1 Å². The Morgan fingerprint density at radius 2 is 2.30 bits per heavy atom. The van der Waals surface area contributed by atoms with Crippen molar-refractivity contribution in [1.82, 2.24) is 24.8 Å². The van der Waals surface area contributed by atoms with Gasteiger partial charge in [-0.3, -0.25) is 4.68 Å². The van der Waals surface area contributed by atoms with Crippen LogP contribution in [-0.4, -0.2) is 49.6 Å². The molecular formula is C12H17N5O3. The molecular weight excluding hydrogens is 262 g/mol. The van der Waals surface area contributed by atoms with Crippen LogP contribution in [0.25, 0.3) is 11.3 Å². The molecule has 8 heteroatoms. The number of aliphatic hydroxyl groups is 1. The topological polar surface area (TPSA) is 95.1 Å². The highest BCUT2D eigenvalue weighted by Crippen LogP contribution is 2.23. The predicted molar refractivity (Wildman–Crippen MR) is 69.8 cm³/mol. The summed E-state index contributed by atoms with van der Waals surface area (Å²) in [5.74, 6) is -0.552. The van der Waals surface area contributed by atoms with Gasteiger partial charge in [0.25, 0.3) is 0 Å². The maximum absolute atomic E-state index is 11.8. The van der Waals surface area contributed by atoms with Crippen LogP contribution in [0.2, 0.25) is 0 Å². The van der Waals surface area contributed by atoms with E-state index in [2.05, 4.69) is 15.4 Å². The SMILES string of the molecule is COC(=O)c1nnn(CC(C)CO)c1-c1cnn(C)c1. The van der Waals surface area contributed by atoms with Crippen molar-refractivity contribution in [3.8, 4) is 11.3 Å². The number of esters is 1. The Labute approximate surface area is 116 Å². The third-order valence-corrected chi connectivity index (χ3v) is 2.89. The maximum atomic E-state index is 11.8. The highest BCUT2D eigenvalue weighted by atomic mass is 16.5. The molecule has 1 N–H and O–H groups in total. The third-order valence-electron chi connectivity index (χ3n) is 2.89. The van der Waals surface area contributed by atoms with Crippen LogP contribution in [-0.2, 0) is 18.3 Å².